The minimum atomic E-state index is -0.321. The zero-order valence-electron chi connectivity index (χ0n) is 16.5. The van der Waals surface area contributed by atoms with Crippen molar-refractivity contribution in [1.82, 2.24) is 5.32 Å². The summed E-state index contributed by atoms with van der Waals surface area (Å²) in [4.78, 5) is 26.6. The number of hydrogen-bond acceptors (Lipinski definition) is 4. The van der Waals surface area contributed by atoms with Gasteiger partial charge in [0.15, 0.2) is 11.5 Å². The molecule has 1 unspecified atom stereocenters. The molecule has 2 aromatic carbocycles. The Morgan fingerprint density at radius 3 is 2.64 bits per heavy atom. The highest BCUT2D eigenvalue weighted by Crippen LogP contribution is 2.28. The van der Waals surface area contributed by atoms with Gasteiger partial charge in [-0.25, -0.2) is 0 Å². The molecule has 6 nitrogen and oxygen atoms in total. The Morgan fingerprint density at radius 1 is 1.14 bits per heavy atom. The molecule has 1 fully saturated rings. The fraction of sp³-hybridized carbons (Fsp3) is 0.364. The predicted molar refractivity (Wildman–Crippen MR) is 108 cm³/mol. The standard InChI is InChI=1S/C22H26N2O4/c1-15-5-4-6-18(11-15)24-14-17(13-21(24)25)22(26)23-10-9-16-7-8-19(27-2)20(12-16)28-3/h4-8,11-12,17H,9-10,13-14H2,1-3H3,(H,23,26). The number of aryl methyl sites for hydroxylation is 1. The molecule has 0 saturated carbocycles. The van der Waals surface area contributed by atoms with E-state index in [9.17, 15) is 9.59 Å². The summed E-state index contributed by atoms with van der Waals surface area (Å²) in [5.74, 6) is 0.936. The highest BCUT2D eigenvalue weighted by molar-refractivity contribution is 6.00. The first-order chi connectivity index (χ1) is 13.5. The molecule has 0 aromatic heterocycles. The van der Waals surface area contributed by atoms with E-state index in [4.69, 9.17) is 9.47 Å². The maximum absolute atomic E-state index is 12.5. The summed E-state index contributed by atoms with van der Waals surface area (Å²) >= 11 is 0. The number of benzene rings is 2. The molecule has 1 aliphatic heterocycles. The van der Waals surface area contributed by atoms with Crippen molar-refractivity contribution in [2.75, 3.05) is 32.2 Å². The van der Waals surface area contributed by atoms with Crippen LogP contribution in [0.3, 0.4) is 0 Å². The molecule has 1 atom stereocenters. The molecule has 1 saturated heterocycles. The van der Waals surface area contributed by atoms with Gasteiger partial charge in [-0.15, -0.1) is 0 Å². The van der Waals surface area contributed by atoms with Crippen LogP contribution in [0.15, 0.2) is 42.5 Å². The fourth-order valence-corrected chi connectivity index (χ4v) is 3.44. The molecule has 0 radical (unpaired) electrons. The van der Waals surface area contributed by atoms with Crippen LogP contribution in [-0.2, 0) is 16.0 Å². The van der Waals surface area contributed by atoms with Gasteiger partial charge in [-0.2, -0.15) is 0 Å². The number of carbonyl (C=O) groups is 2. The summed E-state index contributed by atoms with van der Waals surface area (Å²) in [6.45, 7) is 2.91. The van der Waals surface area contributed by atoms with Crippen molar-refractivity contribution in [3.05, 3.63) is 53.6 Å². The molecule has 0 bridgehead atoms. The second-order valence-electron chi connectivity index (χ2n) is 6.97. The fourth-order valence-electron chi connectivity index (χ4n) is 3.44. The van der Waals surface area contributed by atoms with Crippen molar-refractivity contribution in [3.63, 3.8) is 0 Å². The van der Waals surface area contributed by atoms with Crippen molar-refractivity contribution < 1.29 is 19.1 Å². The third kappa shape index (κ3) is 4.44. The zero-order valence-corrected chi connectivity index (χ0v) is 16.5. The topological polar surface area (TPSA) is 67.9 Å². The van der Waals surface area contributed by atoms with E-state index in [-0.39, 0.29) is 24.2 Å². The van der Waals surface area contributed by atoms with Gasteiger partial charge in [-0.1, -0.05) is 18.2 Å². The number of nitrogens with one attached hydrogen (secondary N) is 1. The Hall–Kier alpha value is -3.02. The lowest BCUT2D eigenvalue weighted by Crippen LogP contribution is -2.34. The van der Waals surface area contributed by atoms with Gasteiger partial charge in [0.2, 0.25) is 11.8 Å². The molecular weight excluding hydrogens is 356 g/mol. The van der Waals surface area contributed by atoms with Crippen LogP contribution in [-0.4, -0.2) is 39.1 Å². The number of amides is 2. The van der Waals surface area contributed by atoms with Crippen LogP contribution in [0.25, 0.3) is 0 Å². The Morgan fingerprint density at radius 2 is 1.93 bits per heavy atom. The second kappa shape index (κ2) is 8.78. The third-order valence-electron chi connectivity index (χ3n) is 4.97. The van der Waals surface area contributed by atoms with E-state index < -0.39 is 0 Å². The molecule has 2 aromatic rings. The van der Waals surface area contributed by atoms with Crippen LogP contribution < -0.4 is 19.7 Å². The lowest BCUT2D eigenvalue weighted by Gasteiger charge is -2.17. The van der Waals surface area contributed by atoms with Crippen LogP contribution in [0, 0.1) is 12.8 Å². The van der Waals surface area contributed by atoms with Crippen molar-refractivity contribution in [2.24, 2.45) is 5.92 Å². The van der Waals surface area contributed by atoms with Gasteiger partial charge in [0.1, 0.15) is 0 Å². The molecule has 1 heterocycles. The van der Waals surface area contributed by atoms with Gasteiger partial charge >= 0.3 is 0 Å². The molecule has 0 aliphatic carbocycles. The number of nitrogens with zero attached hydrogens (tertiary/aromatic N) is 1. The monoisotopic (exact) mass is 382 g/mol. The van der Waals surface area contributed by atoms with Gasteiger partial charge < -0.3 is 19.7 Å². The van der Waals surface area contributed by atoms with Crippen molar-refractivity contribution in [3.8, 4) is 11.5 Å². The first kappa shape index (κ1) is 19.7. The zero-order chi connectivity index (χ0) is 20.1. The van der Waals surface area contributed by atoms with Gasteiger partial charge in [-0.3, -0.25) is 9.59 Å². The van der Waals surface area contributed by atoms with Gasteiger partial charge in [0.05, 0.1) is 20.1 Å². The molecule has 3 rings (SSSR count). The third-order valence-corrected chi connectivity index (χ3v) is 4.97. The van der Waals surface area contributed by atoms with Crippen LogP contribution >= 0.6 is 0 Å². The highest BCUT2D eigenvalue weighted by Gasteiger charge is 2.34. The lowest BCUT2D eigenvalue weighted by atomic mass is 10.1. The summed E-state index contributed by atoms with van der Waals surface area (Å²) < 4.78 is 10.5. The summed E-state index contributed by atoms with van der Waals surface area (Å²) in [5.41, 5.74) is 2.99. The van der Waals surface area contributed by atoms with Crippen molar-refractivity contribution >= 4 is 17.5 Å². The Kier molecular flexibility index (Phi) is 6.19. The predicted octanol–water partition coefficient (Wildman–Crippen LogP) is 2.72. The van der Waals surface area contributed by atoms with Gasteiger partial charge in [0.25, 0.3) is 0 Å². The molecule has 0 spiro atoms. The van der Waals surface area contributed by atoms with Crippen LogP contribution in [0.2, 0.25) is 0 Å². The summed E-state index contributed by atoms with van der Waals surface area (Å²) in [6, 6.07) is 13.5. The maximum Gasteiger partial charge on any atom is 0.227 e. The van der Waals surface area contributed by atoms with E-state index in [1.165, 1.54) is 0 Å². The van der Waals surface area contributed by atoms with Crippen LogP contribution in [0.5, 0.6) is 11.5 Å². The maximum atomic E-state index is 12.5. The summed E-state index contributed by atoms with van der Waals surface area (Å²) in [6.07, 6.45) is 0.921. The quantitative estimate of drug-likeness (QED) is 0.800. The number of anilines is 1. The Bertz CT molecular complexity index is 865. The molecule has 1 aliphatic rings. The van der Waals surface area contributed by atoms with Gasteiger partial charge in [0, 0.05) is 25.2 Å². The number of rotatable bonds is 7. The average Bonchev–Trinajstić information content (AvgIpc) is 3.09. The lowest BCUT2D eigenvalue weighted by molar-refractivity contribution is -0.126. The number of carbonyl (C=O) groups excluding carboxylic acids is 2. The van der Waals surface area contributed by atoms with E-state index in [2.05, 4.69) is 5.32 Å². The normalized spacial score (nSPS) is 16.2. The van der Waals surface area contributed by atoms with Crippen molar-refractivity contribution in [1.29, 1.82) is 0 Å². The van der Waals surface area contributed by atoms with Crippen LogP contribution in [0.1, 0.15) is 17.5 Å². The Balaban J connectivity index is 1.54. The number of hydrogen-bond donors (Lipinski definition) is 1. The first-order valence-electron chi connectivity index (χ1n) is 9.37. The number of methoxy groups -OCH3 is 2. The molecule has 148 valence electrons. The average molecular weight is 382 g/mol. The summed E-state index contributed by atoms with van der Waals surface area (Å²) in [7, 11) is 3.20. The highest BCUT2D eigenvalue weighted by atomic mass is 16.5. The van der Waals surface area contributed by atoms with E-state index in [0.717, 1.165) is 16.8 Å². The first-order valence-corrected chi connectivity index (χ1v) is 9.37. The Labute approximate surface area is 165 Å². The molecule has 6 heteroatoms. The van der Waals surface area contributed by atoms with E-state index in [1.807, 2.05) is 49.4 Å². The van der Waals surface area contributed by atoms with E-state index in [1.54, 1.807) is 19.1 Å². The van der Waals surface area contributed by atoms with Crippen molar-refractivity contribution in [2.45, 2.75) is 19.8 Å². The SMILES string of the molecule is COc1ccc(CCNC(=O)C2CC(=O)N(c3cccc(C)c3)C2)cc1OC. The largest absolute Gasteiger partial charge is 0.493 e. The molecule has 2 amide bonds. The molecule has 28 heavy (non-hydrogen) atoms. The van der Waals surface area contributed by atoms with Gasteiger partial charge in [-0.05, 0) is 48.7 Å². The number of ether oxygens (including phenoxy) is 2. The molecule has 1 N–H and O–H groups in total. The van der Waals surface area contributed by atoms with Crippen LogP contribution in [0.4, 0.5) is 5.69 Å². The molecular formula is C22H26N2O4. The summed E-state index contributed by atoms with van der Waals surface area (Å²) in [5, 5.41) is 2.95. The minimum Gasteiger partial charge on any atom is -0.493 e. The minimum absolute atomic E-state index is 0.00867. The smallest absolute Gasteiger partial charge is 0.227 e. The van der Waals surface area contributed by atoms with E-state index in [0.29, 0.717) is 31.0 Å². The second-order valence-corrected chi connectivity index (χ2v) is 6.97. The van der Waals surface area contributed by atoms with E-state index >= 15 is 0 Å².